The molecule has 0 saturated carbocycles. The summed E-state index contributed by atoms with van der Waals surface area (Å²) in [7, 11) is 0. The fraction of sp³-hybridized carbons (Fsp3) is 0.192. The molecule has 0 spiro atoms. The number of benzene rings is 2. The van der Waals surface area contributed by atoms with Gasteiger partial charge < -0.3 is 10.1 Å². The van der Waals surface area contributed by atoms with Crippen molar-refractivity contribution in [2.45, 2.75) is 26.2 Å². The Bertz CT molecular complexity index is 1270. The summed E-state index contributed by atoms with van der Waals surface area (Å²) >= 11 is 1.55. The molecule has 0 aliphatic carbocycles. The first-order valence-corrected chi connectivity index (χ1v) is 11.2. The third kappa shape index (κ3) is 4.70. The second-order valence-electron chi connectivity index (χ2n) is 8.47. The van der Waals surface area contributed by atoms with Gasteiger partial charge in [0.05, 0.1) is 21.7 Å². The van der Waals surface area contributed by atoms with E-state index in [1.54, 1.807) is 17.4 Å². The van der Waals surface area contributed by atoms with E-state index in [0.717, 1.165) is 16.1 Å². The summed E-state index contributed by atoms with van der Waals surface area (Å²) in [6.45, 7) is 5.87. The number of pyridine rings is 1. The molecule has 5 nitrogen and oxygen atoms in total. The van der Waals surface area contributed by atoms with Crippen molar-refractivity contribution in [3.63, 3.8) is 0 Å². The minimum absolute atomic E-state index is 0.130. The number of thiophene rings is 1. The minimum atomic E-state index is -0.555. The first-order chi connectivity index (χ1) is 15.3. The van der Waals surface area contributed by atoms with Crippen molar-refractivity contribution in [2.24, 2.45) is 0 Å². The van der Waals surface area contributed by atoms with E-state index in [1.165, 1.54) is 0 Å². The molecule has 0 radical (unpaired) electrons. The zero-order valence-electron chi connectivity index (χ0n) is 18.2. The van der Waals surface area contributed by atoms with Crippen molar-refractivity contribution in [3.8, 4) is 10.6 Å². The number of nitrogens with zero attached hydrogens (tertiary/aromatic N) is 1. The van der Waals surface area contributed by atoms with Gasteiger partial charge in [0.2, 0.25) is 0 Å². The Kier molecular flexibility index (Phi) is 6.06. The first kappa shape index (κ1) is 21.7. The Hall–Kier alpha value is -3.51. The van der Waals surface area contributed by atoms with Gasteiger partial charge in [-0.15, -0.1) is 11.3 Å². The normalized spacial score (nSPS) is 11.3. The van der Waals surface area contributed by atoms with E-state index in [1.807, 2.05) is 66.0 Å². The lowest BCUT2D eigenvalue weighted by Gasteiger charge is -2.23. The molecule has 2 heterocycles. The van der Waals surface area contributed by atoms with Crippen LogP contribution < -0.4 is 5.32 Å². The molecule has 0 saturated heterocycles. The summed E-state index contributed by atoms with van der Waals surface area (Å²) in [5.41, 5.74) is 3.40. The Morgan fingerprint density at radius 2 is 1.75 bits per heavy atom. The predicted octanol–water partition coefficient (Wildman–Crippen LogP) is 6.06. The summed E-state index contributed by atoms with van der Waals surface area (Å²) in [4.78, 5) is 31.1. The molecule has 4 aromatic rings. The van der Waals surface area contributed by atoms with Gasteiger partial charge in [-0.1, -0.05) is 63.2 Å². The number of fused-ring (bicyclic) bond motifs is 1. The number of hydrogen-bond acceptors (Lipinski definition) is 5. The highest BCUT2D eigenvalue weighted by Crippen LogP contribution is 2.30. The second kappa shape index (κ2) is 8.93. The second-order valence-corrected chi connectivity index (χ2v) is 9.42. The Balaban J connectivity index is 1.53. The maximum absolute atomic E-state index is 12.9. The molecule has 0 aliphatic rings. The van der Waals surface area contributed by atoms with Crippen molar-refractivity contribution in [1.29, 1.82) is 0 Å². The molecule has 2 aromatic heterocycles. The average Bonchev–Trinajstić information content (AvgIpc) is 3.31. The predicted molar refractivity (Wildman–Crippen MR) is 129 cm³/mol. The third-order valence-corrected chi connectivity index (χ3v) is 5.95. The lowest BCUT2D eigenvalue weighted by molar-refractivity contribution is -0.119. The molecular weight excluding hydrogens is 420 g/mol. The maximum Gasteiger partial charge on any atom is 0.339 e. The first-order valence-electron chi connectivity index (χ1n) is 10.3. The van der Waals surface area contributed by atoms with Gasteiger partial charge in [0.15, 0.2) is 6.61 Å². The number of esters is 1. The number of para-hydroxylation sites is 2. The largest absolute Gasteiger partial charge is 0.452 e. The number of nitrogens with one attached hydrogen (secondary N) is 1. The van der Waals surface area contributed by atoms with Crippen LogP contribution in [0.15, 0.2) is 72.1 Å². The average molecular weight is 445 g/mol. The molecule has 6 heteroatoms. The Morgan fingerprint density at radius 3 is 2.50 bits per heavy atom. The zero-order chi connectivity index (χ0) is 22.7. The molecule has 1 amide bonds. The van der Waals surface area contributed by atoms with Crippen LogP contribution in [0.1, 0.15) is 36.7 Å². The molecule has 2 aromatic carbocycles. The molecular formula is C26H24N2O3S. The van der Waals surface area contributed by atoms with Crippen molar-refractivity contribution < 1.29 is 14.3 Å². The fourth-order valence-corrected chi connectivity index (χ4v) is 4.22. The SMILES string of the molecule is CC(C)(C)c1ccccc1NC(=O)COC(=O)c1cc(-c2cccs2)nc2ccccc12. The third-order valence-electron chi connectivity index (χ3n) is 5.05. The van der Waals surface area contributed by atoms with E-state index in [-0.39, 0.29) is 17.9 Å². The molecule has 0 unspecified atom stereocenters. The lowest BCUT2D eigenvalue weighted by Crippen LogP contribution is -2.23. The van der Waals surface area contributed by atoms with Crippen molar-refractivity contribution in [1.82, 2.24) is 4.98 Å². The van der Waals surface area contributed by atoms with E-state index < -0.39 is 5.97 Å². The van der Waals surface area contributed by atoms with E-state index in [9.17, 15) is 9.59 Å². The van der Waals surface area contributed by atoms with E-state index in [4.69, 9.17) is 4.74 Å². The quantitative estimate of drug-likeness (QED) is 0.380. The van der Waals surface area contributed by atoms with Crippen molar-refractivity contribution in [3.05, 3.63) is 83.2 Å². The number of rotatable bonds is 5. The van der Waals surface area contributed by atoms with Crippen LogP contribution in [-0.4, -0.2) is 23.5 Å². The molecule has 0 atom stereocenters. The van der Waals surface area contributed by atoms with Gasteiger partial charge in [-0.05, 0) is 40.6 Å². The number of ether oxygens (including phenoxy) is 1. The topological polar surface area (TPSA) is 68.3 Å². The van der Waals surface area contributed by atoms with Crippen LogP contribution in [0.2, 0.25) is 0 Å². The van der Waals surface area contributed by atoms with Crippen LogP contribution in [0, 0.1) is 0 Å². The van der Waals surface area contributed by atoms with Gasteiger partial charge >= 0.3 is 5.97 Å². The molecule has 162 valence electrons. The van der Waals surface area contributed by atoms with Crippen LogP contribution in [0.5, 0.6) is 0 Å². The highest BCUT2D eigenvalue weighted by molar-refractivity contribution is 7.13. The van der Waals surface area contributed by atoms with Gasteiger partial charge in [0.25, 0.3) is 5.91 Å². The van der Waals surface area contributed by atoms with Crippen LogP contribution in [0.4, 0.5) is 5.69 Å². The van der Waals surface area contributed by atoms with E-state index in [2.05, 4.69) is 31.1 Å². The lowest BCUT2D eigenvalue weighted by atomic mass is 9.86. The van der Waals surface area contributed by atoms with Crippen LogP contribution >= 0.6 is 11.3 Å². The van der Waals surface area contributed by atoms with Gasteiger partial charge in [0.1, 0.15) is 0 Å². The number of carbonyl (C=O) groups excluding carboxylic acids is 2. The molecule has 0 bridgehead atoms. The number of amides is 1. The van der Waals surface area contributed by atoms with Crippen molar-refractivity contribution >= 4 is 39.8 Å². The van der Waals surface area contributed by atoms with E-state index >= 15 is 0 Å². The van der Waals surface area contributed by atoms with E-state index in [0.29, 0.717) is 22.2 Å². The summed E-state index contributed by atoms with van der Waals surface area (Å²) in [5, 5.41) is 5.52. The van der Waals surface area contributed by atoms with Gasteiger partial charge in [-0.25, -0.2) is 9.78 Å². The summed E-state index contributed by atoms with van der Waals surface area (Å²) in [5.74, 6) is -0.937. The highest BCUT2D eigenvalue weighted by atomic mass is 32.1. The molecule has 0 aliphatic heterocycles. The van der Waals surface area contributed by atoms with Crippen LogP contribution in [0.3, 0.4) is 0 Å². The zero-order valence-corrected chi connectivity index (χ0v) is 19.0. The van der Waals surface area contributed by atoms with Crippen molar-refractivity contribution in [2.75, 3.05) is 11.9 Å². The molecule has 4 rings (SSSR count). The number of carbonyl (C=O) groups is 2. The number of aromatic nitrogens is 1. The summed E-state index contributed by atoms with van der Waals surface area (Å²) in [6, 6.07) is 20.7. The summed E-state index contributed by atoms with van der Waals surface area (Å²) in [6.07, 6.45) is 0. The van der Waals surface area contributed by atoms with Crippen LogP contribution in [0.25, 0.3) is 21.5 Å². The van der Waals surface area contributed by atoms with Gasteiger partial charge in [-0.3, -0.25) is 4.79 Å². The minimum Gasteiger partial charge on any atom is -0.452 e. The molecule has 32 heavy (non-hydrogen) atoms. The smallest absolute Gasteiger partial charge is 0.339 e. The monoisotopic (exact) mass is 444 g/mol. The number of anilines is 1. The fourth-order valence-electron chi connectivity index (χ4n) is 3.54. The molecule has 1 N–H and O–H groups in total. The maximum atomic E-state index is 12.9. The Labute approximate surface area is 191 Å². The van der Waals surface area contributed by atoms with Crippen LogP contribution in [-0.2, 0) is 14.9 Å². The number of hydrogen-bond donors (Lipinski definition) is 1. The standard InChI is InChI=1S/C26H24N2O3S/c1-26(2,3)19-10-5-7-12-21(19)28-24(29)16-31-25(30)18-15-22(23-13-8-14-32-23)27-20-11-6-4-9-17(18)20/h4-15H,16H2,1-3H3,(H,28,29). The van der Waals surface area contributed by atoms with Gasteiger partial charge in [-0.2, -0.15) is 0 Å². The summed E-state index contributed by atoms with van der Waals surface area (Å²) < 4.78 is 5.39. The molecule has 0 fully saturated rings. The highest BCUT2D eigenvalue weighted by Gasteiger charge is 2.20. The Morgan fingerprint density at radius 1 is 1.00 bits per heavy atom. The van der Waals surface area contributed by atoms with Gasteiger partial charge in [0, 0.05) is 11.1 Å².